The fourth-order valence-corrected chi connectivity index (χ4v) is 4.29. The fraction of sp³-hybridized carbons (Fsp3) is 0.478. The van der Waals surface area contributed by atoms with Crippen molar-refractivity contribution in [2.75, 3.05) is 59.0 Å². The van der Waals surface area contributed by atoms with E-state index in [1.807, 2.05) is 0 Å². The molecular formula is C23H30N6O7. The van der Waals surface area contributed by atoms with E-state index in [2.05, 4.69) is 15.2 Å². The van der Waals surface area contributed by atoms with Gasteiger partial charge in [-0.25, -0.2) is 9.59 Å². The largest absolute Gasteiger partial charge is 0.493 e. The number of nitrogens with zero attached hydrogens (tertiary/aromatic N) is 5. The highest BCUT2D eigenvalue weighted by molar-refractivity contribution is 5.91. The molecule has 3 aromatic rings. The SMILES string of the molecule is COc1cc(C(=O)OCCn2c(=O)c3c(nc(N4CCNCC4)n3C)n(C)c2=O)cc(OC)c1OC. The molecule has 0 saturated carbocycles. The van der Waals surface area contributed by atoms with E-state index in [0.29, 0.717) is 34.4 Å². The number of aryl methyl sites for hydroxylation is 2. The van der Waals surface area contributed by atoms with E-state index in [1.54, 1.807) is 18.7 Å². The molecule has 1 fully saturated rings. The maximum Gasteiger partial charge on any atom is 0.338 e. The maximum absolute atomic E-state index is 13.3. The van der Waals surface area contributed by atoms with Gasteiger partial charge < -0.3 is 33.7 Å². The molecule has 0 unspecified atom stereocenters. The number of fused-ring (bicyclic) bond motifs is 1. The molecule has 194 valence electrons. The molecule has 1 aliphatic heterocycles. The number of carbonyl (C=O) groups excluding carboxylic acids is 1. The molecule has 36 heavy (non-hydrogen) atoms. The molecule has 0 bridgehead atoms. The Kier molecular flexibility index (Phi) is 7.20. The Bertz CT molecular complexity index is 1380. The summed E-state index contributed by atoms with van der Waals surface area (Å²) in [6, 6.07) is 2.93. The third kappa shape index (κ3) is 4.37. The first-order valence-corrected chi connectivity index (χ1v) is 11.4. The standard InChI is InChI=1S/C23H30N6O7/c1-26-17-19(25-22(26)28-8-6-24-7-9-28)27(2)23(32)29(20(17)30)10-11-36-21(31)14-12-15(33-3)18(35-5)16(13-14)34-4/h12-13,24H,6-11H2,1-5H3. The van der Waals surface area contributed by atoms with Crippen LogP contribution in [0, 0.1) is 0 Å². The molecule has 0 aliphatic carbocycles. The lowest BCUT2D eigenvalue weighted by atomic mass is 10.2. The zero-order valence-corrected chi connectivity index (χ0v) is 21.0. The molecule has 1 aromatic carbocycles. The van der Waals surface area contributed by atoms with Crippen LogP contribution in [0.4, 0.5) is 5.95 Å². The van der Waals surface area contributed by atoms with Crippen LogP contribution in [-0.2, 0) is 25.4 Å². The summed E-state index contributed by atoms with van der Waals surface area (Å²) in [5.74, 6) is 0.912. The molecule has 0 atom stereocenters. The minimum atomic E-state index is -0.665. The predicted molar refractivity (Wildman–Crippen MR) is 132 cm³/mol. The minimum Gasteiger partial charge on any atom is -0.493 e. The van der Waals surface area contributed by atoms with Gasteiger partial charge in [0, 0.05) is 40.3 Å². The Morgan fingerprint density at radius 2 is 1.64 bits per heavy atom. The van der Waals surface area contributed by atoms with Crippen molar-refractivity contribution in [3.05, 3.63) is 38.5 Å². The quantitative estimate of drug-likeness (QED) is 0.411. The second kappa shape index (κ2) is 10.3. The molecule has 0 radical (unpaired) electrons. The number of esters is 1. The van der Waals surface area contributed by atoms with Crippen LogP contribution >= 0.6 is 0 Å². The van der Waals surface area contributed by atoms with Crippen molar-refractivity contribution in [3.63, 3.8) is 0 Å². The molecule has 13 nitrogen and oxygen atoms in total. The van der Waals surface area contributed by atoms with Crippen molar-refractivity contribution in [2.45, 2.75) is 6.54 Å². The van der Waals surface area contributed by atoms with E-state index in [1.165, 1.54) is 38.0 Å². The van der Waals surface area contributed by atoms with Crippen LogP contribution < -0.4 is 35.7 Å². The molecule has 0 spiro atoms. The number of methoxy groups -OCH3 is 3. The van der Waals surface area contributed by atoms with Gasteiger partial charge in [-0.1, -0.05) is 0 Å². The Labute approximate surface area is 206 Å². The van der Waals surface area contributed by atoms with E-state index in [0.717, 1.165) is 30.7 Å². The van der Waals surface area contributed by atoms with Gasteiger partial charge in [0.05, 0.1) is 33.4 Å². The fourth-order valence-electron chi connectivity index (χ4n) is 4.29. The second-order valence-corrected chi connectivity index (χ2v) is 8.23. The van der Waals surface area contributed by atoms with Crippen molar-refractivity contribution < 1.29 is 23.7 Å². The molecular weight excluding hydrogens is 472 g/mol. The zero-order valence-electron chi connectivity index (χ0n) is 21.0. The Morgan fingerprint density at radius 3 is 2.22 bits per heavy atom. The number of aromatic nitrogens is 4. The summed E-state index contributed by atoms with van der Waals surface area (Å²) in [7, 11) is 7.67. The number of nitrogens with one attached hydrogen (secondary N) is 1. The van der Waals surface area contributed by atoms with Crippen molar-refractivity contribution in [2.24, 2.45) is 14.1 Å². The van der Waals surface area contributed by atoms with Crippen molar-refractivity contribution in [1.29, 1.82) is 0 Å². The first-order chi connectivity index (χ1) is 17.3. The lowest BCUT2D eigenvalue weighted by molar-refractivity contribution is 0.0487. The first-order valence-electron chi connectivity index (χ1n) is 11.4. The molecule has 13 heteroatoms. The Morgan fingerprint density at radius 1 is 1.00 bits per heavy atom. The van der Waals surface area contributed by atoms with Gasteiger partial charge in [0.25, 0.3) is 5.56 Å². The van der Waals surface area contributed by atoms with Gasteiger partial charge in [0.1, 0.15) is 6.61 Å². The summed E-state index contributed by atoms with van der Waals surface area (Å²) < 4.78 is 25.3. The Hall–Kier alpha value is -4.00. The predicted octanol–water partition coefficient (Wildman–Crippen LogP) is -0.274. The summed E-state index contributed by atoms with van der Waals surface area (Å²) in [5.41, 5.74) is -0.240. The van der Waals surface area contributed by atoms with Gasteiger partial charge in [-0.15, -0.1) is 0 Å². The number of anilines is 1. The third-order valence-electron chi connectivity index (χ3n) is 6.18. The maximum atomic E-state index is 13.3. The van der Waals surface area contributed by atoms with Crippen LogP contribution in [0.5, 0.6) is 17.2 Å². The van der Waals surface area contributed by atoms with E-state index < -0.39 is 17.2 Å². The zero-order chi connectivity index (χ0) is 26.0. The van der Waals surface area contributed by atoms with E-state index >= 15 is 0 Å². The van der Waals surface area contributed by atoms with E-state index in [9.17, 15) is 14.4 Å². The van der Waals surface area contributed by atoms with Crippen LogP contribution in [0.25, 0.3) is 11.2 Å². The number of carbonyl (C=O) groups is 1. The molecule has 1 aliphatic rings. The average molecular weight is 503 g/mol. The number of hydrogen-bond donors (Lipinski definition) is 1. The van der Waals surface area contributed by atoms with Crippen molar-refractivity contribution in [1.82, 2.24) is 24.0 Å². The average Bonchev–Trinajstić information content (AvgIpc) is 3.25. The third-order valence-corrected chi connectivity index (χ3v) is 6.18. The number of ether oxygens (including phenoxy) is 4. The minimum absolute atomic E-state index is 0.119. The summed E-state index contributed by atoms with van der Waals surface area (Å²) in [6.07, 6.45) is 0. The Balaban J connectivity index is 1.58. The van der Waals surface area contributed by atoms with Gasteiger partial charge in [0.15, 0.2) is 22.7 Å². The van der Waals surface area contributed by atoms with Gasteiger partial charge >= 0.3 is 11.7 Å². The summed E-state index contributed by atoms with van der Waals surface area (Å²) in [6.45, 7) is 2.80. The van der Waals surface area contributed by atoms with Crippen LogP contribution in [0.15, 0.2) is 21.7 Å². The topological polar surface area (TPSA) is 131 Å². The highest BCUT2D eigenvalue weighted by Gasteiger charge is 2.23. The molecule has 1 N–H and O–H groups in total. The second-order valence-electron chi connectivity index (χ2n) is 8.23. The number of rotatable bonds is 8. The van der Waals surface area contributed by atoms with Crippen LogP contribution in [0.2, 0.25) is 0 Å². The van der Waals surface area contributed by atoms with Crippen LogP contribution in [0.3, 0.4) is 0 Å². The van der Waals surface area contributed by atoms with Crippen molar-refractivity contribution in [3.8, 4) is 17.2 Å². The lowest BCUT2D eigenvalue weighted by Crippen LogP contribution is -2.44. The van der Waals surface area contributed by atoms with Gasteiger partial charge in [-0.2, -0.15) is 4.98 Å². The lowest BCUT2D eigenvalue weighted by Gasteiger charge is -2.28. The summed E-state index contributed by atoms with van der Waals surface area (Å²) >= 11 is 0. The van der Waals surface area contributed by atoms with E-state index in [-0.39, 0.29) is 18.7 Å². The number of piperazine rings is 1. The summed E-state index contributed by atoms with van der Waals surface area (Å²) in [5, 5.41) is 3.28. The first kappa shape index (κ1) is 25.1. The normalized spacial score (nSPS) is 13.6. The van der Waals surface area contributed by atoms with Crippen molar-refractivity contribution >= 4 is 23.1 Å². The van der Waals surface area contributed by atoms with E-state index in [4.69, 9.17) is 18.9 Å². The highest BCUT2D eigenvalue weighted by Crippen LogP contribution is 2.38. The van der Waals surface area contributed by atoms with Gasteiger partial charge in [0.2, 0.25) is 11.7 Å². The number of hydrogen-bond acceptors (Lipinski definition) is 10. The highest BCUT2D eigenvalue weighted by atomic mass is 16.5. The van der Waals surface area contributed by atoms with Crippen LogP contribution in [0.1, 0.15) is 10.4 Å². The molecule has 4 rings (SSSR count). The number of imidazole rings is 1. The van der Waals surface area contributed by atoms with Gasteiger partial charge in [-0.3, -0.25) is 13.9 Å². The molecule has 2 aromatic heterocycles. The molecule has 1 saturated heterocycles. The smallest absolute Gasteiger partial charge is 0.338 e. The molecule has 0 amide bonds. The number of benzene rings is 1. The van der Waals surface area contributed by atoms with Gasteiger partial charge in [-0.05, 0) is 12.1 Å². The summed E-state index contributed by atoms with van der Waals surface area (Å²) in [4.78, 5) is 45.6. The van der Waals surface area contributed by atoms with Crippen LogP contribution in [-0.4, -0.2) is 78.8 Å². The monoisotopic (exact) mass is 502 g/mol. The molecule has 3 heterocycles.